The molecular formula is C10H13NO2S. The van der Waals surface area contributed by atoms with Crippen LogP contribution in [0.25, 0.3) is 0 Å². The lowest BCUT2D eigenvalue weighted by Gasteiger charge is -2.23. The van der Waals surface area contributed by atoms with Crippen LogP contribution in [0.15, 0.2) is 24.5 Å². The van der Waals surface area contributed by atoms with Gasteiger partial charge in [-0.25, -0.2) is 0 Å². The summed E-state index contributed by atoms with van der Waals surface area (Å²) in [6.07, 6.45) is 3.25. The van der Waals surface area contributed by atoms with Gasteiger partial charge in [0.2, 0.25) is 0 Å². The highest BCUT2D eigenvalue weighted by Crippen LogP contribution is 2.35. The van der Waals surface area contributed by atoms with Crippen LogP contribution >= 0.6 is 11.8 Å². The fraction of sp³-hybridized carbons (Fsp3) is 0.400. The molecule has 0 aromatic carbocycles. The molecule has 0 saturated carbocycles. The summed E-state index contributed by atoms with van der Waals surface area (Å²) in [6, 6.07) is 3.55. The van der Waals surface area contributed by atoms with Gasteiger partial charge in [-0.15, -0.1) is 11.8 Å². The highest BCUT2D eigenvalue weighted by Gasteiger charge is 2.35. The second-order valence-electron chi connectivity index (χ2n) is 3.01. The molecule has 1 rings (SSSR count). The van der Waals surface area contributed by atoms with E-state index in [1.165, 1.54) is 11.8 Å². The van der Waals surface area contributed by atoms with E-state index in [4.69, 9.17) is 5.11 Å². The molecule has 3 nitrogen and oxygen atoms in total. The summed E-state index contributed by atoms with van der Waals surface area (Å²) in [6.45, 7) is 3.66. The van der Waals surface area contributed by atoms with Crippen LogP contribution in [-0.2, 0) is 9.54 Å². The zero-order valence-corrected chi connectivity index (χ0v) is 9.04. The van der Waals surface area contributed by atoms with Gasteiger partial charge in [0, 0.05) is 12.4 Å². The lowest BCUT2D eigenvalue weighted by molar-refractivity contribution is -0.139. The van der Waals surface area contributed by atoms with Crippen LogP contribution in [0.1, 0.15) is 19.4 Å². The molecule has 1 unspecified atom stereocenters. The van der Waals surface area contributed by atoms with Crippen LogP contribution in [0.2, 0.25) is 0 Å². The molecule has 0 bridgehead atoms. The Morgan fingerprint density at radius 1 is 1.71 bits per heavy atom. The number of pyridine rings is 1. The third kappa shape index (κ3) is 2.07. The summed E-state index contributed by atoms with van der Waals surface area (Å²) in [5.41, 5.74) is 0.736. The summed E-state index contributed by atoms with van der Waals surface area (Å²) < 4.78 is -0.886. The second-order valence-corrected chi connectivity index (χ2v) is 4.70. The van der Waals surface area contributed by atoms with E-state index < -0.39 is 10.7 Å². The number of hydrogen-bond donors (Lipinski definition) is 1. The smallest absolute Gasteiger partial charge is 0.324 e. The third-order valence-corrected chi connectivity index (χ3v) is 3.33. The summed E-state index contributed by atoms with van der Waals surface area (Å²) in [5.74, 6) is -0.0603. The van der Waals surface area contributed by atoms with Crippen molar-refractivity contribution in [3.63, 3.8) is 0 Å². The van der Waals surface area contributed by atoms with Gasteiger partial charge < -0.3 is 5.11 Å². The Morgan fingerprint density at radius 3 is 2.86 bits per heavy atom. The summed E-state index contributed by atoms with van der Waals surface area (Å²) in [7, 11) is 0. The molecule has 1 heterocycles. The van der Waals surface area contributed by atoms with Crippen molar-refractivity contribution in [2.24, 2.45) is 0 Å². The first kappa shape index (κ1) is 11.0. The average Bonchev–Trinajstić information content (AvgIpc) is 2.19. The van der Waals surface area contributed by atoms with Crippen molar-refractivity contribution < 1.29 is 9.90 Å². The predicted molar refractivity (Wildman–Crippen MR) is 57.4 cm³/mol. The van der Waals surface area contributed by atoms with Gasteiger partial charge in [-0.3, -0.25) is 9.78 Å². The molecule has 0 aliphatic carbocycles. The van der Waals surface area contributed by atoms with E-state index in [9.17, 15) is 4.79 Å². The molecule has 0 fully saturated rings. The molecule has 0 saturated heterocycles. The van der Waals surface area contributed by atoms with Crippen LogP contribution < -0.4 is 0 Å². The van der Waals surface area contributed by atoms with Gasteiger partial charge in [-0.1, -0.05) is 13.0 Å². The van der Waals surface area contributed by atoms with Crippen molar-refractivity contribution in [3.8, 4) is 0 Å². The number of rotatable bonds is 4. The Bertz CT molecular complexity index is 315. The number of carboxylic acids is 1. The minimum Gasteiger partial charge on any atom is -0.480 e. The Morgan fingerprint density at radius 2 is 2.43 bits per heavy atom. The second kappa shape index (κ2) is 4.46. The van der Waals surface area contributed by atoms with E-state index in [-0.39, 0.29) is 0 Å². The Hall–Kier alpha value is -1.03. The zero-order chi connectivity index (χ0) is 10.6. The topological polar surface area (TPSA) is 50.2 Å². The van der Waals surface area contributed by atoms with E-state index in [2.05, 4.69) is 4.98 Å². The fourth-order valence-corrected chi connectivity index (χ4v) is 2.19. The van der Waals surface area contributed by atoms with Crippen LogP contribution in [0.3, 0.4) is 0 Å². The fourth-order valence-electron chi connectivity index (χ4n) is 1.20. The Labute approximate surface area is 87.6 Å². The lowest BCUT2D eigenvalue weighted by Crippen LogP contribution is -2.29. The largest absolute Gasteiger partial charge is 0.480 e. The standard InChI is InChI=1S/C10H13NO2S/c1-3-14-10(2,9(12)13)8-5-4-6-11-7-8/h4-7H,3H2,1-2H3,(H,12,13). The van der Waals surface area contributed by atoms with Crippen LogP contribution in [0.4, 0.5) is 0 Å². The predicted octanol–water partition coefficient (Wildman–Crippen LogP) is 2.13. The maximum absolute atomic E-state index is 11.2. The van der Waals surface area contributed by atoms with Gasteiger partial charge in [0.25, 0.3) is 0 Å². The molecule has 0 radical (unpaired) electrons. The maximum Gasteiger partial charge on any atom is 0.324 e. The number of carbonyl (C=O) groups is 1. The minimum absolute atomic E-state index is 0.736. The van der Waals surface area contributed by atoms with Gasteiger partial charge >= 0.3 is 5.97 Å². The molecule has 0 amide bonds. The molecule has 1 aromatic rings. The molecule has 0 spiro atoms. The van der Waals surface area contributed by atoms with E-state index in [1.807, 2.05) is 6.92 Å². The molecule has 0 aliphatic heterocycles. The summed E-state index contributed by atoms with van der Waals surface area (Å²) in [4.78, 5) is 15.1. The molecular weight excluding hydrogens is 198 g/mol. The minimum atomic E-state index is -0.886. The van der Waals surface area contributed by atoms with Crippen LogP contribution in [-0.4, -0.2) is 21.8 Å². The van der Waals surface area contributed by atoms with E-state index in [0.717, 1.165) is 11.3 Å². The number of aromatic nitrogens is 1. The van der Waals surface area contributed by atoms with Crippen molar-refractivity contribution in [3.05, 3.63) is 30.1 Å². The first-order valence-corrected chi connectivity index (χ1v) is 5.37. The first-order chi connectivity index (χ1) is 6.61. The number of thioether (sulfide) groups is 1. The van der Waals surface area contributed by atoms with E-state index in [0.29, 0.717) is 0 Å². The van der Waals surface area contributed by atoms with Gasteiger partial charge in [0.05, 0.1) is 0 Å². The maximum atomic E-state index is 11.2. The van der Waals surface area contributed by atoms with Gasteiger partial charge in [-0.05, 0) is 24.3 Å². The van der Waals surface area contributed by atoms with Crippen molar-refractivity contribution in [2.45, 2.75) is 18.6 Å². The highest BCUT2D eigenvalue weighted by molar-refractivity contribution is 8.00. The van der Waals surface area contributed by atoms with Crippen LogP contribution in [0.5, 0.6) is 0 Å². The number of aliphatic carboxylic acids is 1. The number of nitrogens with zero attached hydrogens (tertiary/aromatic N) is 1. The molecule has 0 aliphatic rings. The van der Waals surface area contributed by atoms with Gasteiger partial charge in [0.15, 0.2) is 0 Å². The van der Waals surface area contributed by atoms with Crippen molar-refractivity contribution in [2.75, 3.05) is 5.75 Å². The molecule has 1 N–H and O–H groups in total. The first-order valence-electron chi connectivity index (χ1n) is 4.39. The number of hydrogen-bond acceptors (Lipinski definition) is 3. The summed E-state index contributed by atoms with van der Waals surface area (Å²) in [5, 5.41) is 9.17. The Kier molecular flexibility index (Phi) is 3.52. The van der Waals surface area contributed by atoms with Gasteiger partial charge in [0.1, 0.15) is 4.75 Å². The quantitative estimate of drug-likeness (QED) is 0.829. The monoisotopic (exact) mass is 211 g/mol. The zero-order valence-electron chi connectivity index (χ0n) is 8.23. The third-order valence-electron chi connectivity index (χ3n) is 2.05. The van der Waals surface area contributed by atoms with Crippen molar-refractivity contribution in [1.29, 1.82) is 0 Å². The van der Waals surface area contributed by atoms with Crippen molar-refractivity contribution in [1.82, 2.24) is 4.98 Å². The highest BCUT2D eigenvalue weighted by atomic mass is 32.2. The molecule has 1 aromatic heterocycles. The SMILES string of the molecule is CCSC(C)(C(=O)O)c1cccnc1. The van der Waals surface area contributed by atoms with Crippen molar-refractivity contribution >= 4 is 17.7 Å². The normalized spacial score (nSPS) is 14.7. The van der Waals surface area contributed by atoms with E-state index in [1.54, 1.807) is 31.5 Å². The van der Waals surface area contributed by atoms with E-state index >= 15 is 0 Å². The molecule has 14 heavy (non-hydrogen) atoms. The molecule has 76 valence electrons. The Balaban J connectivity index is 3.06. The molecule has 4 heteroatoms. The average molecular weight is 211 g/mol. The molecule has 1 atom stereocenters. The lowest BCUT2D eigenvalue weighted by atomic mass is 10.0. The van der Waals surface area contributed by atoms with Crippen LogP contribution in [0, 0.1) is 0 Å². The summed E-state index contributed by atoms with van der Waals surface area (Å²) >= 11 is 1.40. The van der Waals surface area contributed by atoms with Gasteiger partial charge in [-0.2, -0.15) is 0 Å². The number of carboxylic acid groups (broad SMARTS) is 1.